The first-order chi connectivity index (χ1) is 20.3. The van der Waals surface area contributed by atoms with Gasteiger partial charge in [0.1, 0.15) is 11.6 Å². The van der Waals surface area contributed by atoms with E-state index in [4.69, 9.17) is 9.72 Å². The summed E-state index contributed by atoms with van der Waals surface area (Å²) in [7, 11) is 4.27. The minimum atomic E-state index is -0.369. The van der Waals surface area contributed by atoms with Crippen LogP contribution < -0.4 is 15.0 Å². The number of aromatic amines is 1. The highest BCUT2D eigenvalue weighted by Crippen LogP contribution is 2.37. The van der Waals surface area contributed by atoms with Gasteiger partial charge in [-0.05, 0) is 58.0 Å². The number of carbonyl (C=O) groups excluding carboxylic acids is 1. The summed E-state index contributed by atoms with van der Waals surface area (Å²) in [6.07, 6.45) is 7.26. The largest absolute Gasteiger partial charge is 0.492 e. The minimum absolute atomic E-state index is 0.206. The fourth-order valence-corrected chi connectivity index (χ4v) is 6.27. The van der Waals surface area contributed by atoms with Gasteiger partial charge in [-0.2, -0.15) is 5.10 Å². The number of rotatable bonds is 10. The number of aromatic nitrogens is 5. The van der Waals surface area contributed by atoms with Crippen LogP contribution in [0, 0.1) is 11.3 Å². The molecule has 0 atom stereocenters. The highest BCUT2D eigenvalue weighted by atomic mass is 16.5. The minimum Gasteiger partial charge on any atom is -0.492 e. The number of amides is 1. The zero-order valence-corrected chi connectivity index (χ0v) is 25.4. The third-order valence-electron chi connectivity index (χ3n) is 8.86. The second kappa shape index (κ2) is 11.5. The molecular weight excluding hydrogens is 530 g/mol. The summed E-state index contributed by atoms with van der Waals surface area (Å²) in [5, 5.41) is 16.0. The molecular formula is C31H43N9O2. The molecule has 0 bridgehead atoms. The Labute approximate surface area is 247 Å². The van der Waals surface area contributed by atoms with E-state index < -0.39 is 0 Å². The van der Waals surface area contributed by atoms with Gasteiger partial charge in [0, 0.05) is 62.6 Å². The molecule has 11 nitrogen and oxygen atoms in total. The fraction of sp³-hybridized carbons (Fsp3) is 0.548. The molecule has 6 heterocycles. The Kier molecular flexibility index (Phi) is 7.80. The van der Waals surface area contributed by atoms with Crippen LogP contribution in [0.25, 0.3) is 27.7 Å². The molecule has 1 amide bonds. The van der Waals surface area contributed by atoms with Crippen molar-refractivity contribution in [1.82, 2.24) is 39.9 Å². The molecule has 6 rings (SSSR count). The van der Waals surface area contributed by atoms with E-state index in [0.29, 0.717) is 25.1 Å². The number of hydrogen-bond donors (Lipinski definition) is 2. The van der Waals surface area contributed by atoms with Crippen LogP contribution in [0.1, 0.15) is 33.6 Å². The van der Waals surface area contributed by atoms with Crippen molar-refractivity contribution in [2.24, 2.45) is 11.3 Å². The van der Waals surface area contributed by atoms with Crippen molar-refractivity contribution in [3.63, 3.8) is 0 Å². The molecule has 0 radical (unpaired) electrons. The average Bonchev–Trinajstić information content (AvgIpc) is 3.55. The summed E-state index contributed by atoms with van der Waals surface area (Å²) >= 11 is 0. The number of likely N-dealkylation sites (N-methyl/N-ethyl adjacent to an activating group) is 1. The molecule has 0 saturated carbocycles. The number of piperidine rings is 1. The summed E-state index contributed by atoms with van der Waals surface area (Å²) in [6, 6.07) is 6.83. The Balaban J connectivity index is 1.20. The van der Waals surface area contributed by atoms with Gasteiger partial charge >= 0.3 is 0 Å². The van der Waals surface area contributed by atoms with Crippen LogP contribution in [0.15, 0.2) is 36.8 Å². The smallest absolute Gasteiger partial charge is 0.227 e. The van der Waals surface area contributed by atoms with Crippen LogP contribution in [0.5, 0.6) is 5.75 Å². The van der Waals surface area contributed by atoms with Crippen LogP contribution in [0.2, 0.25) is 0 Å². The highest BCUT2D eigenvalue weighted by molar-refractivity contribution is 6.00. The number of H-pyrrole nitrogens is 1. The Morgan fingerprint density at radius 3 is 2.67 bits per heavy atom. The second-order valence-electron chi connectivity index (χ2n) is 12.5. The number of hydrogen-bond acceptors (Lipinski definition) is 8. The third-order valence-corrected chi connectivity index (χ3v) is 8.86. The number of nitrogens with one attached hydrogen (secondary N) is 2. The summed E-state index contributed by atoms with van der Waals surface area (Å²) in [5.74, 6) is 2.32. The van der Waals surface area contributed by atoms with Crippen molar-refractivity contribution >= 4 is 28.3 Å². The number of fused-ring (bicyclic) bond motifs is 3. The van der Waals surface area contributed by atoms with E-state index in [-0.39, 0.29) is 11.3 Å². The average molecular weight is 574 g/mol. The first-order valence-corrected chi connectivity index (χ1v) is 15.1. The van der Waals surface area contributed by atoms with E-state index in [2.05, 4.69) is 75.4 Å². The molecule has 2 saturated heterocycles. The summed E-state index contributed by atoms with van der Waals surface area (Å²) in [6.45, 7) is 12.0. The van der Waals surface area contributed by atoms with Gasteiger partial charge in [-0.15, -0.1) is 5.10 Å². The number of likely N-dealkylation sites (tertiary alicyclic amines) is 1. The maximum atomic E-state index is 13.6. The maximum Gasteiger partial charge on any atom is 0.227 e. The predicted molar refractivity (Wildman–Crippen MR) is 165 cm³/mol. The van der Waals surface area contributed by atoms with E-state index in [1.165, 1.54) is 0 Å². The molecule has 2 aliphatic heterocycles. The van der Waals surface area contributed by atoms with Gasteiger partial charge < -0.3 is 19.9 Å². The Morgan fingerprint density at radius 2 is 2.00 bits per heavy atom. The lowest BCUT2D eigenvalue weighted by Gasteiger charge is -2.49. The molecule has 224 valence electrons. The third kappa shape index (κ3) is 5.43. The number of nitrogens with zero attached hydrogens (tertiary/aromatic N) is 7. The van der Waals surface area contributed by atoms with E-state index >= 15 is 0 Å². The van der Waals surface area contributed by atoms with Crippen molar-refractivity contribution in [2.45, 2.75) is 39.7 Å². The molecule has 0 unspecified atom stereocenters. The normalized spacial score (nSPS) is 17.8. The van der Waals surface area contributed by atoms with Gasteiger partial charge in [-0.25, -0.2) is 9.50 Å². The van der Waals surface area contributed by atoms with Crippen LogP contribution >= 0.6 is 0 Å². The van der Waals surface area contributed by atoms with Gasteiger partial charge in [-0.3, -0.25) is 14.8 Å². The topological polar surface area (TPSA) is 107 Å². The van der Waals surface area contributed by atoms with E-state index in [9.17, 15) is 4.79 Å². The molecule has 2 aliphatic rings. The predicted octanol–water partition coefficient (Wildman–Crippen LogP) is 3.28. The van der Waals surface area contributed by atoms with Crippen LogP contribution in [-0.2, 0) is 4.79 Å². The van der Waals surface area contributed by atoms with Gasteiger partial charge in [0.2, 0.25) is 5.91 Å². The standard InChI is InChI=1S/C31H43N9O2/c1-6-42-24-13-25(28-26-16-34-35-29(26)36-40(28)19-24)22-7-8-27(32-15-22)39-11-9-31(10-12-39,30(41)33-14-21(2)3)20-38-17-23(18-38)37(4)5/h7-8,13,15-16,19,21,23H,6,9-12,14,17-18,20H2,1-5H3,(H,33,41)(H,35,36). The van der Waals surface area contributed by atoms with Crippen LogP contribution in [0.4, 0.5) is 5.82 Å². The van der Waals surface area contributed by atoms with Gasteiger partial charge in [-0.1, -0.05) is 13.8 Å². The monoisotopic (exact) mass is 573 g/mol. The molecule has 4 aromatic heterocycles. The molecule has 2 N–H and O–H groups in total. The molecule has 0 aromatic carbocycles. The summed E-state index contributed by atoms with van der Waals surface area (Å²) < 4.78 is 7.69. The van der Waals surface area contributed by atoms with Crippen LogP contribution in [0.3, 0.4) is 0 Å². The number of carbonyl (C=O) groups is 1. The lowest BCUT2D eigenvalue weighted by atomic mass is 9.76. The molecule has 0 spiro atoms. The lowest BCUT2D eigenvalue weighted by Crippen LogP contribution is -2.63. The first-order valence-electron chi connectivity index (χ1n) is 15.1. The van der Waals surface area contributed by atoms with Gasteiger partial charge in [0.05, 0.1) is 35.3 Å². The van der Waals surface area contributed by atoms with Crippen molar-refractivity contribution in [3.05, 3.63) is 36.8 Å². The quantitative estimate of drug-likeness (QED) is 0.298. The van der Waals surface area contributed by atoms with Crippen LogP contribution in [-0.4, -0.2) is 107 Å². The number of ether oxygens (including phenoxy) is 1. The maximum absolute atomic E-state index is 13.6. The molecule has 11 heteroatoms. The molecule has 2 fully saturated rings. The second-order valence-corrected chi connectivity index (χ2v) is 12.5. The zero-order valence-electron chi connectivity index (χ0n) is 25.4. The zero-order chi connectivity index (χ0) is 29.4. The van der Waals surface area contributed by atoms with Gasteiger partial charge in [0.25, 0.3) is 0 Å². The molecule has 42 heavy (non-hydrogen) atoms. The lowest BCUT2D eigenvalue weighted by molar-refractivity contribution is -0.135. The summed E-state index contributed by atoms with van der Waals surface area (Å²) in [4.78, 5) is 25.5. The molecule has 0 aliphatic carbocycles. The first kappa shape index (κ1) is 28.4. The van der Waals surface area contributed by atoms with E-state index in [0.717, 1.165) is 84.8 Å². The van der Waals surface area contributed by atoms with Crippen molar-refractivity contribution in [2.75, 3.05) is 64.9 Å². The Hall–Kier alpha value is -3.70. The summed E-state index contributed by atoms with van der Waals surface area (Å²) in [5.41, 5.74) is 3.31. The van der Waals surface area contributed by atoms with Crippen molar-refractivity contribution in [3.8, 4) is 16.9 Å². The van der Waals surface area contributed by atoms with Crippen molar-refractivity contribution in [1.29, 1.82) is 0 Å². The van der Waals surface area contributed by atoms with Crippen molar-refractivity contribution < 1.29 is 9.53 Å². The molecule has 4 aromatic rings. The SMILES string of the molecule is CCOc1cc(-c2ccc(N3CCC(CN4CC(N(C)C)C4)(C(=O)NCC(C)C)CC3)nc2)c2c3cn[nH]c3nn2c1. The highest BCUT2D eigenvalue weighted by Gasteiger charge is 2.45. The number of anilines is 1. The number of pyridine rings is 2. The van der Waals surface area contributed by atoms with E-state index in [1.54, 1.807) is 6.20 Å². The Bertz CT molecular complexity index is 1530. The van der Waals surface area contributed by atoms with Gasteiger partial charge in [0.15, 0.2) is 5.65 Å². The Morgan fingerprint density at radius 1 is 1.21 bits per heavy atom. The van der Waals surface area contributed by atoms with E-state index in [1.807, 2.05) is 29.9 Å². The fourth-order valence-electron chi connectivity index (χ4n) is 6.27.